The summed E-state index contributed by atoms with van der Waals surface area (Å²) < 4.78 is 0. The Hall–Kier alpha value is -1.27. The predicted octanol–water partition coefficient (Wildman–Crippen LogP) is -1.90. The number of carbonyl (C=O) groups is 3. The standard InChI is InChI=1S/C9H13NO5/c1-7-9(15,5-12)8(14,4-11)2-3-10(7)6-13/h4-7,14-15H,2-3H2,1H3/t7-,8?,9?/m0/s1. The molecule has 0 aromatic rings. The quantitative estimate of drug-likeness (QED) is 0.536. The molecular formula is C9H13NO5. The highest BCUT2D eigenvalue weighted by molar-refractivity contribution is 5.79. The molecule has 1 aliphatic heterocycles. The monoisotopic (exact) mass is 215 g/mol. The zero-order valence-electron chi connectivity index (χ0n) is 8.29. The van der Waals surface area contributed by atoms with Crippen LogP contribution < -0.4 is 0 Å². The summed E-state index contributed by atoms with van der Waals surface area (Å²) in [6.45, 7) is 1.52. The topological polar surface area (TPSA) is 94.9 Å². The average Bonchev–Trinajstić information content (AvgIpc) is 2.26. The van der Waals surface area contributed by atoms with Gasteiger partial charge in [-0.15, -0.1) is 0 Å². The Balaban J connectivity index is 3.14. The van der Waals surface area contributed by atoms with Gasteiger partial charge in [-0.3, -0.25) is 9.59 Å². The van der Waals surface area contributed by atoms with Crippen molar-refractivity contribution in [3.05, 3.63) is 0 Å². The molecule has 84 valence electrons. The van der Waals surface area contributed by atoms with Gasteiger partial charge in [0.05, 0.1) is 6.04 Å². The molecular weight excluding hydrogens is 202 g/mol. The van der Waals surface area contributed by atoms with E-state index in [0.717, 1.165) is 0 Å². The fraction of sp³-hybridized carbons (Fsp3) is 0.667. The molecule has 0 saturated carbocycles. The van der Waals surface area contributed by atoms with Crippen LogP contribution >= 0.6 is 0 Å². The summed E-state index contributed by atoms with van der Waals surface area (Å²) in [4.78, 5) is 33.3. The lowest BCUT2D eigenvalue weighted by atomic mass is 9.74. The molecule has 1 heterocycles. The number of rotatable bonds is 3. The Kier molecular flexibility index (Phi) is 2.92. The van der Waals surface area contributed by atoms with E-state index in [1.54, 1.807) is 0 Å². The van der Waals surface area contributed by atoms with Gasteiger partial charge in [-0.05, 0) is 6.92 Å². The van der Waals surface area contributed by atoms with Crippen LogP contribution in [0.1, 0.15) is 13.3 Å². The van der Waals surface area contributed by atoms with Gasteiger partial charge >= 0.3 is 0 Å². The first kappa shape index (κ1) is 11.8. The fourth-order valence-electron chi connectivity index (χ4n) is 1.81. The van der Waals surface area contributed by atoms with Crippen molar-refractivity contribution in [2.75, 3.05) is 6.54 Å². The lowest BCUT2D eigenvalue weighted by Crippen LogP contribution is -2.70. The molecule has 2 N–H and O–H groups in total. The SMILES string of the molecule is C[C@@H]1N(C=O)CCC(O)(C=O)C1(O)C=O. The fourth-order valence-corrected chi connectivity index (χ4v) is 1.81. The first-order chi connectivity index (χ1) is 6.95. The van der Waals surface area contributed by atoms with E-state index in [1.165, 1.54) is 11.8 Å². The van der Waals surface area contributed by atoms with Crippen molar-refractivity contribution < 1.29 is 24.6 Å². The molecule has 6 nitrogen and oxygen atoms in total. The van der Waals surface area contributed by atoms with Gasteiger partial charge in [0.2, 0.25) is 6.41 Å². The Morgan fingerprint density at radius 1 is 1.27 bits per heavy atom. The van der Waals surface area contributed by atoms with Gasteiger partial charge in [0, 0.05) is 13.0 Å². The Bertz CT molecular complexity index is 294. The molecule has 0 aliphatic carbocycles. The van der Waals surface area contributed by atoms with E-state index in [0.29, 0.717) is 6.41 Å². The molecule has 1 aliphatic rings. The summed E-state index contributed by atoms with van der Waals surface area (Å²) in [6, 6.07) is -0.934. The highest BCUT2D eigenvalue weighted by Crippen LogP contribution is 2.33. The van der Waals surface area contributed by atoms with Gasteiger partial charge in [0.15, 0.2) is 23.8 Å². The smallest absolute Gasteiger partial charge is 0.210 e. The first-order valence-corrected chi connectivity index (χ1v) is 4.53. The van der Waals surface area contributed by atoms with Crippen molar-refractivity contribution in [3.63, 3.8) is 0 Å². The van der Waals surface area contributed by atoms with Crippen LogP contribution in [-0.2, 0) is 14.4 Å². The van der Waals surface area contributed by atoms with E-state index in [4.69, 9.17) is 0 Å². The molecule has 0 aromatic heterocycles. The van der Waals surface area contributed by atoms with Crippen LogP contribution in [-0.4, -0.2) is 57.9 Å². The number of hydrogen-bond donors (Lipinski definition) is 2. The van der Waals surface area contributed by atoms with Gasteiger partial charge in [0.25, 0.3) is 0 Å². The van der Waals surface area contributed by atoms with Crippen LogP contribution in [0.3, 0.4) is 0 Å². The summed E-state index contributed by atoms with van der Waals surface area (Å²) in [6.07, 6.45) is 0.583. The largest absolute Gasteiger partial charge is 0.379 e. The van der Waals surface area contributed by atoms with Gasteiger partial charge in [-0.2, -0.15) is 0 Å². The summed E-state index contributed by atoms with van der Waals surface area (Å²) >= 11 is 0. The molecule has 1 amide bonds. The molecule has 15 heavy (non-hydrogen) atoms. The van der Waals surface area contributed by atoms with Crippen molar-refractivity contribution in [1.82, 2.24) is 4.90 Å². The number of carbonyl (C=O) groups excluding carboxylic acids is 3. The summed E-state index contributed by atoms with van der Waals surface area (Å²) in [5.74, 6) is 0. The number of nitrogens with zero attached hydrogens (tertiary/aromatic N) is 1. The number of amides is 1. The second-order valence-electron chi connectivity index (χ2n) is 3.75. The molecule has 0 radical (unpaired) electrons. The van der Waals surface area contributed by atoms with Crippen molar-refractivity contribution >= 4 is 19.0 Å². The van der Waals surface area contributed by atoms with Crippen molar-refractivity contribution in [3.8, 4) is 0 Å². The minimum atomic E-state index is -2.24. The van der Waals surface area contributed by atoms with Gasteiger partial charge in [-0.25, -0.2) is 0 Å². The summed E-state index contributed by atoms with van der Waals surface area (Å²) in [5.41, 5.74) is -4.36. The molecule has 3 atom stereocenters. The van der Waals surface area contributed by atoms with Crippen LogP contribution in [0.5, 0.6) is 0 Å². The van der Waals surface area contributed by atoms with Crippen LogP contribution in [0.2, 0.25) is 0 Å². The second kappa shape index (κ2) is 3.71. The summed E-state index contributed by atoms with van der Waals surface area (Å²) in [5, 5.41) is 19.7. The first-order valence-electron chi connectivity index (χ1n) is 4.53. The van der Waals surface area contributed by atoms with E-state index in [1.807, 2.05) is 0 Å². The third-order valence-corrected chi connectivity index (χ3v) is 3.09. The zero-order valence-corrected chi connectivity index (χ0v) is 8.29. The lowest BCUT2D eigenvalue weighted by molar-refractivity contribution is -0.196. The van der Waals surface area contributed by atoms with Gasteiger partial charge < -0.3 is 19.9 Å². The van der Waals surface area contributed by atoms with Crippen LogP contribution in [0, 0.1) is 0 Å². The molecule has 0 aromatic carbocycles. The third-order valence-electron chi connectivity index (χ3n) is 3.09. The van der Waals surface area contributed by atoms with E-state index in [9.17, 15) is 24.6 Å². The van der Waals surface area contributed by atoms with Crippen molar-refractivity contribution in [2.24, 2.45) is 0 Å². The third kappa shape index (κ3) is 1.46. The van der Waals surface area contributed by atoms with Gasteiger partial charge in [-0.1, -0.05) is 0 Å². The highest BCUT2D eigenvalue weighted by atomic mass is 16.4. The molecule has 1 fully saturated rings. The maximum absolute atomic E-state index is 10.8. The number of aliphatic hydroxyl groups is 2. The van der Waals surface area contributed by atoms with Crippen LogP contribution in [0.25, 0.3) is 0 Å². The summed E-state index contributed by atoms with van der Waals surface area (Å²) in [7, 11) is 0. The maximum Gasteiger partial charge on any atom is 0.210 e. The number of hydrogen-bond acceptors (Lipinski definition) is 5. The van der Waals surface area contributed by atoms with Crippen molar-refractivity contribution in [2.45, 2.75) is 30.6 Å². The minimum Gasteiger partial charge on any atom is -0.379 e. The lowest BCUT2D eigenvalue weighted by Gasteiger charge is -2.48. The average molecular weight is 215 g/mol. The molecule has 2 unspecified atom stereocenters. The Labute approximate surface area is 86.5 Å². The minimum absolute atomic E-state index is 0.113. The molecule has 1 rings (SSSR count). The zero-order chi connectivity index (χ0) is 11.7. The number of aldehydes is 2. The predicted molar refractivity (Wildman–Crippen MR) is 48.9 cm³/mol. The molecule has 6 heteroatoms. The Morgan fingerprint density at radius 2 is 1.87 bits per heavy atom. The molecule has 1 saturated heterocycles. The van der Waals surface area contributed by atoms with Gasteiger partial charge in [0.1, 0.15) is 0 Å². The molecule has 0 bridgehead atoms. The van der Waals surface area contributed by atoms with E-state index >= 15 is 0 Å². The number of piperidine rings is 1. The van der Waals surface area contributed by atoms with Crippen LogP contribution in [0.4, 0.5) is 0 Å². The molecule has 0 spiro atoms. The van der Waals surface area contributed by atoms with E-state index in [2.05, 4.69) is 0 Å². The maximum atomic E-state index is 10.8. The van der Waals surface area contributed by atoms with Crippen LogP contribution in [0.15, 0.2) is 0 Å². The normalized spacial score (nSPS) is 41.0. The van der Waals surface area contributed by atoms with E-state index < -0.39 is 17.2 Å². The van der Waals surface area contributed by atoms with E-state index in [-0.39, 0.29) is 25.5 Å². The highest BCUT2D eigenvalue weighted by Gasteiger charge is 2.57. The second-order valence-corrected chi connectivity index (χ2v) is 3.75. The number of likely N-dealkylation sites (tertiary alicyclic amines) is 1. The Morgan fingerprint density at radius 3 is 2.27 bits per heavy atom. The van der Waals surface area contributed by atoms with Crippen molar-refractivity contribution in [1.29, 1.82) is 0 Å².